The molecule has 0 saturated carbocycles. The summed E-state index contributed by atoms with van der Waals surface area (Å²) in [4.78, 5) is 22.9. The first kappa shape index (κ1) is 12.6. The van der Waals surface area contributed by atoms with Gasteiger partial charge >= 0.3 is 5.97 Å². The second kappa shape index (κ2) is 5.56. The average Bonchev–Trinajstić information content (AvgIpc) is 2.15. The van der Waals surface area contributed by atoms with E-state index in [1.54, 1.807) is 0 Å². The molecule has 1 aliphatic rings. The van der Waals surface area contributed by atoms with Crippen molar-refractivity contribution in [3.63, 3.8) is 0 Å². The molecule has 86 valence electrons. The fourth-order valence-electron chi connectivity index (χ4n) is 1.52. The molecule has 0 aromatic rings. The van der Waals surface area contributed by atoms with E-state index in [0.717, 1.165) is 12.8 Å². The maximum absolute atomic E-state index is 11.5. The molecule has 0 aromatic heterocycles. The number of ether oxygens (including phenoxy) is 1. The van der Waals surface area contributed by atoms with Crippen LogP contribution in [0.1, 0.15) is 26.2 Å². The van der Waals surface area contributed by atoms with Crippen LogP contribution in [0.2, 0.25) is 0 Å². The maximum atomic E-state index is 11.5. The molecule has 0 spiro atoms. The third-order valence-electron chi connectivity index (χ3n) is 2.17. The Hall–Kier alpha value is -0.480. The Labute approximate surface area is 98.5 Å². The lowest BCUT2D eigenvalue weighted by atomic mass is 10.1. The number of halogens is 2. The van der Waals surface area contributed by atoms with Crippen molar-refractivity contribution in [1.82, 2.24) is 4.90 Å². The number of piperidine rings is 1. The predicted molar refractivity (Wildman–Crippen MR) is 56.6 cm³/mol. The van der Waals surface area contributed by atoms with Crippen LogP contribution in [0.25, 0.3) is 0 Å². The summed E-state index contributed by atoms with van der Waals surface area (Å²) >= 11 is 11.4. The van der Waals surface area contributed by atoms with Crippen molar-refractivity contribution in [3.05, 3.63) is 0 Å². The lowest BCUT2D eigenvalue weighted by Crippen LogP contribution is -2.48. The van der Waals surface area contributed by atoms with Gasteiger partial charge in [0.2, 0.25) is 12.1 Å². The number of hydrogen-bond donors (Lipinski definition) is 0. The lowest BCUT2D eigenvalue weighted by Gasteiger charge is -2.34. The number of carbonyl (C=O) groups excluding carboxylic acids is 2. The van der Waals surface area contributed by atoms with E-state index < -0.39 is 17.0 Å². The second-order valence-corrected chi connectivity index (χ2v) is 4.54. The Bertz CT molecular complexity index is 258. The average molecular weight is 254 g/mol. The molecule has 1 amide bonds. The minimum Gasteiger partial charge on any atom is -0.439 e. The predicted octanol–water partition coefficient (Wildman–Crippen LogP) is 1.69. The molecule has 15 heavy (non-hydrogen) atoms. The molecule has 0 radical (unpaired) electrons. The van der Waals surface area contributed by atoms with Crippen molar-refractivity contribution < 1.29 is 14.3 Å². The standard InChI is InChI=1S/C9H13Cl2NO3/c1-6(13)15-9(8(10)11)12-5-3-2-4-7(12)14/h8-9H,2-5H2,1H3. The van der Waals surface area contributed by atoms with Gasteiger partial charge in [-0.15, -0.1) is 0 Å². The molecule has 1 heterocycles. The molecule has 1 aliphatic heterocycles. The van der Waals surface area contributed by atoms with Crippen LogP contribution in [0, 0.1) is 0 Å². The SMILES string of the molecule is CC(=O)OC(C(Cl)Cl)N1CCCCC1=O. The fraction of sp³-hybridized carbons (Fsp3) is 0.778. The van der Waals surface area contributed by atoms with Gasteiger partial charge in [-0.05, 0) is 12.8 Å². The van der Waals surface area contributed by atoms with E-state index in [1.807, 2.05) is 0 Å². The van der Waals surface area contributed by atoms with Gasteiger partial charge in [-0.25, -0.2) is 0 Å². The maximum Gasteiger partial charge on any atom is 0.304 e. The van der Waals surface area contributed by atoms with Gasteiger partial charge in [0.25, 0.3) is 0 Å². The number of amides is 1. The molecular formula is C9H13Cl2NO3. The fourth-order valence-corrected chi connectivity index (χ4v) is 1.89. The molecule has 1 atom stereocenters. The number of hydrogen-bond acceptors (Lipinski definition) is 3. The molecular weight excluding hydrogens is 241 g/mol. The smallest absolute Gasteiger partial charge is 0.304 e. The van der Waals surface area contributed by atoms with Crippen LogP contribution in [0.5, 0.6) is 0 Å². The largest absolute Gasteiger partial charge is 0.439 e. The van der Waals surface area contributed by atoms with Gasteiger partial charge in [0, 0.05) is 19.9 Å². The monoisotopic (exact) mass is 253 g/mol. The second-order valence-electron chi connectivity index (χ2n) is 3.38. The first-order valence-corrected chi connectivity index (χ1v) is 5.64. The molecule has 0 N–H and O–H groups in total. The van der Waals surface area contributed by atoms with E-state index in [2.05, 4.69) is 0 Å². The summed E-state index contributed by atoms with van der Waals surface area (Å²) < 4.78 is 4.92. The summed E-state index contributed by atoms with van der Waals surface area (Å²) in [7, 11) is 0. The van der Waals surface area contributed by atoms with Crippen LogP contribution in [0.15, 0.2) is 0 Å². The van der Waals surface area contributed by atoms with Gasteiger partial charge in [-0.2, -0.15) is 0 Å². The van der Waals surface area contributed by atoms with Crippen molar-refractivity contribution in [3.8, 4) is 0 Å². The van der Waals surface area contributed by atoms with Crippen LogP contribution in [-0.4, -0.2) is 34.4 Å². The minimum atomic E-state index is -0.920. The summed E-state index contributed by atoms with van der Waals surface area (Å²) in [6.45, 7) is 1.80. The number of nitrogens with zero attached hydrogens (tertiary/aromatic N) is 1. The first-order valence-electron chi connectivity index (χ1n) is 4.77. The van der Waals surface area contributed by atoms with Crippen molar-refractivity contribution in [2.75, 3.05) is 6.54 Å². The van der Waals surface area contributed by atoms with Crippen molar-refractivity contribution in [1.29, 1.82) is 0 Å². The summed E-state index contributed by atoms with van der Waals surface area (Å²) in [5, 5.41) is 0. The van der Waals surface area contributed by atoms with Gasteiger partial charge in [-0.1, -0.05) is 23.2 Å². The molecule has 4 nitrogen and oxygen atoms in total. The molecule has 1 saturated heterocycles. The first-order chi connectivity index (χ1) is 7.02. The van der Waals surface area contributed by atoms with Crippen LogP contribution in [0.3, 0.4) is 0 Å². The highest BCUT2D eigenvalue weighted by Gasteiger charge is 2.32. The Balaban J connectivity index is 2.68. The number of rotatable bonds is 3. The van der Waals surface area contributed by atoms with E-state index >= 15 is 0 Å². The van der Waals surface area contributed by atoms with Gasteiger partial charge in [0.15, 0.2) is 4.84 Å². The van der Waals surface area contributed by atoms with E-state index in [1.165, 1.54) is 11.8 Å². The number of esters is 1. The zero-order valence-electron chi connectivity index (χ0n) is 8.41. The Morgan fingerprint density at radius 1 is 1.47 bits per heavy atom. The van der Waals surface area contributed by atoms with Gasteiger partial charge in [0.1, 0.15) is 0 Å². The van der Waals surface area contributed by atoms with Gasteiger partial charge < -0.3 is 9.64 Å². The number of likely N-dealkylation sites (tertiary alicyclic amines) is 1. The van der Waals surface area contributed by atoms with E-state index in [0.29, 0.717) is 13.0 Å². The molecule has 6 heteroatoms. The molecule has 0 bridgehead atoms. The van der Waals surface area contributed by atoms with Crippen LogP contribution >= 0.6 is 23.2 Å². The normalized spacial score (nSPS) is 19.2. The summed E-state index contributed by atoms with van der Waals surface area (Å²) in [6, 6.07) is 0. The van der Waals surface area contributed by atoms with Crippen molar-refractivity contribution in [2.45, 2.75) is 37.3 Å². The number of carbonyl (C=O) groups is 2. The summed E-state index contributed by atoms with van der Waals surface area (Å²) in [5.41, 5.74) is 0. The molecule has 0 aliphatic carbocycles. The highest BCUT2D eigenvalue weighted by atomic mass is 35.5. The lowest BCUT2D eigenvalue weighted by molar-refractivity contribution is -0.163. The van der Waals surface area contributed by atoms with Crippen molar-refractivity contribution >= 4 is 35.1 Å². The Morgan fingerprint density at radius 3 is 2.60 bits per heavy atom. The molecule has 0 aromatic carbocycles. The zero-order valence-corrected chi connectivity index (χ0v) is 9.92. The zero-order chi connectivity index (χ0) is 11.4. The van der Waals surface area contributed by atoms with Crippen LogP contribution in [-0.2, 0) is 14.3 Å². The highest BCUT2D eigenvalue weighted by Crippen LogP contribution is 2.21. The topological polar surface area (TPSA) is 46.6 Å². The molecule has 1 unspecified atom stereocenters. The van der Waals surface area contributed by atoms with E-state index in [-0.39, 0.29) is 5.91 Å². The Morgan fingerprint density at radius 2 is 2.13 bits per heavy atom. The van der Waals surface area contributed by atoms with Crippen molar-refractivity contribution in [2.24, 2.45) is 0 Å². The number of alkyl halides is 2. The van der Waals surface area contributed by atoms with Crippen LogP contribution < -0.4 is 0 Å². The van der Waals surface area contributed by atoms with Crippen LogP contribution in [0.4, 0.5) is 0 Å². The molecule has 1 rings (SSSR count). The quantitative estimate of drug-likeness (QED) is 0.568. The van der Waals surface area contributed by atoms with E-state index in [4.69, 9.17) is 27.9 Å². The third kappa shape index (κ3) is 3.54. The Kier molecular flexibility index (Phi) is 4.67. The summed E-state index contributed by atoms with van der Waals surface area (Å²) in [6.07, 6.45) is 1.33. The summed E-state index contributed by atoms with van der Waals surface area (Å²) in [5.74, 6) is -0.566. The minimum absolute atomic E-state index is 0.0706. The molecule has 1 fully saturated rings. The van der Waals surface area contributed by atoms with E-state index in [9.17, 15) is 9.59 Å². The van der Waals surface area contributed by atoms with Gasteiger partial charge in [-0.3, -0.25) is 9.59 Å². The van der Waals surface area contributed by atoms with Gasteiger partial charge in [0.05, 0.1) is 0 Å². The highest BCUT2D eigenvalue weighted by molar-refractivity contribution is 6.44. The third-order valence-corrected chi connectivity index (χ3v) is 2.60.